The molecule has 1 N–H and O–H groups in total. The minimum Gasteiger partial charge on any atom is -0.491 e. The van der Waals surface area contributed by atoms with Gasteiger partial charge in [0.15, 0.2) is 0 Å². The maximum absolute atomic E-state index is 5.64. The summed E-state index contributed by atoms with van der Waals surface area (Å²) in [5, 5.41) is 3.55. The molecule has 0 unspecified atom stereocenters. The van der Waals surface area contributed by atoms with Crippen molar-refractivity contribution in [2.24, 2.45) is 5.92 Å². The van der Waals surface area contributed by atoms with Crippen molar-refractivity contribution in [3.8, 4) is 5.75 Å². The van der Waals surface area contributed by atoms with Crippen LogP contribution in [0.5, 0.6) is 5.75 Å². The van der Waals surface area contributed by atoms with E-state index in [9.17, 15) is 0 Å². The molecule has 0 radical (unpaired) electrons. The third-order valence-electron chi connectivity index (χ3n) is 3.83. The van der Waals surface area contributed by atoms with Gasteiger partial charge in [0.2, 0.25) is 0 Å². The standard InChI is InChI=1S/C17H27NO/c1-14(2)19-17-9-7-16(8-10-17)13-18-12-11-15-5-3-4-6-15/h7-10,14-15,18H,3-6,11-13H2,1-2H3. The van der Waals surface area contributed by atoms with E-state index in [2.05, 4.69) is 43.4 Å². The summed E-state index contributed by atoms with van der Waals surface area (Å²) >= 11 is 0. The molecular formula is C17H27NO. The van der Waals surface area contributed by atoms with E-state index in [0.29, 0.717) is 0 Å². The maximum atomic E-state index is 5.64. The summed E-state index contributed by atoms with van der Waals surface area (Å²) in [4.78, 5) is 0. The van der Waals surface area contributed by atoms with Crippen molar-refractivity contribution in [1.82, 2.24) is 5.32 Å². The van der Waals surface area contributed by atoms with E-state index in [1.165, 1.54) is 37.7 Å². The summed E-state index contributed by atoms with van der Waals surface area (Å²) < 4.78 is 5.64. The average Bonchev–Trinajstić information content (AvgIpc) is 2.89. The Hall–Kier alpha value is -1.02. The van der Waals surface area contributed by atoms with Crippen molar-refractivity contribution in [3.05, 3.63) is 29.8 Å². The Morgan fingerprint density at radius 3 is 2.47 bits per heavy atom. The molecule has 1 aliphatic carbocycles. The lowest BCUT2D eigenvalue weighted by Gasteiger charge is -2.11. The van der Waals surface area contributed by atoms with Gasteiger partial charge in [0.1, 0.15) is 5.75 Å². The van der Waals surface area contributed by atoms with Gasteiger partial charge < -0.3 is 10.1 Å². The molecular weight excluding hydrogens is 234 g/mol. The van der Waals surface area contributed by atoms with Crippen LogP contribution in [-0.2, 0) is 6.54 Å². The third kappa shape index (κ3) is 5.23. The van der Waals surface area contributed by atoms with Gasteiger partial charge in [-0.1, -0.05) is 37.8 Å². The molecule has 1 aromatic carbocycles. The predicted molar refractivity (Wildman–Crippen MR) is 80.5 cm³/mol. The zero-order valence-electron chi connectivity index (χ0n) is 12.3. The van der Waals surface area contributed by atoms with Crippen molar-refractivity contribution < 1.29 is 4.74 Å². The van der Waals surface area contributed by atoms with Crippen LogP contribution in [0, 0.1) is 5.92 Å². The van der Waals surface area contributed by atoms with Crippen LogP contribution in [0.3, 0.4) is 0 Å². The summed E-state index contributed by atoms with van der Waals surface area (Å²) in [5.41, 5.74) is 1.34. The fourth-order valence-corrected chi connectivity index (χ4v) is 2.80. The van der Waals surface area contributed by atoms with Crippen LogP contribution in [0.25, 0.3) is 0 Å². The molecule has 19 heavy (non-hydrogen) atoms. The molecule has 2 nitrogen and oxygen atoms in total. The van der Waals surface area contributed by atoms with E-state index in [1.54, 1.807) is 0 Å². The van der Waals surface area contributed by atoms with E-state index < -0.39 is 0 Å². The molecule has 1 aromatic rings. The predicted octanol–water partition coefficient (Wildman–Crippen LogP) is 4.14. The van der Waals surface area contributed by atoms with Gasteiger partial charge in [-0.2, -0.15) is 0 Å². The Bertz CT molecular complexity index is 352. The van der Waals surface area contributed by atoms with Crippen LogP contribution in [0.15, 0.2) is 24.3 Å². The molecule has 0 aliphatic heterocycles. The minimum absolute atomic E-state index is 0.246. The first-order valence-corrected chi connectivity index (χ1v) is 7.70. The summed E-state index contributed by atoms with van der Waals surface area (Å²) in [6.07, 6.45) is 7.38. The molecule has 0 saturated heterocycles. The van der Waals surface area contributed by atoms with E-state index in [4.69, 9.17) is 4.74 Å². The molecule has 0 aromatic heterocycles. The normalized spacial score (nSPS) is 16.2. The average molecular weight is 261 g/mol. The Labute approximate surface area is 117 Å². The van der Waals surface area contributed by atoms with Crippen LogP contribution >= 0.6 is 0 Å². The topological polar surface area (TPSA) is 21.3 Å². The zero-order chi connectivity index (χ0) is 13.5. The summed E-state index contributed by atoms with van der Waals surface area (Å²) in [6.45, 7) is 6.22. The van der Waals surface area contributed by atoms with Crippen molar-refractivity contribution in [1.29, 1.82) is 0 Å². The van der Waals surface area contributed by atoms with Gasteiger partial charge in [-0.25, -0.2) is 0 Å². The van der Waals surface area contributed by atoms with Gasteiger partial charge >= 0.3 is 0 Å². The highest BCUT2D eigenvalue weighted by Gasteiger charge is 2.13. The van der Waals surface area contributed by atoms with E-state index >= 15 is 0 Å². The van der Waals surface area contributed by atoms with Crippen LogP contribution in [-0.4, -0.2) is 12.6 Å². The number of benzene rings is 1. The van der Waals surface area contributed by atoms with Gasteiger partial charge in [-0.15, -0.1) is 0 Å². The fourth-order valence-electron chi connectivity index (χ4n) is 2.80. The number of hydrogen-bond acceptors (Lipinski definition) is 2. The number of ether oxygens (including phenoxy) is 1. The van der Waals surface area contributed by atoms with Crippen LogP contribution in [0.1, 0.15) is 51.5 Å². The first-order chi connectivity index (χ1) is 9.24. The SMILES string of the molecule is CC(C)Oc1ccc(CNCCC2CCCC2)cc1. The summed E-state index contributed by atoms with van der Waals surface area (Å²) in [7, 11) is 0. The number of nitrogens with one attached hydrogen (secondary N) is 1. The quantitative estimate of drug-likeness (QED) is 0.745. The Morgan fingerprint density at radius 1 is 1.16 bits per heavy atom. The molecule has 0 atom stereocenters. The first kappa shape index (κ1) is 14.4. The molecule has 0 heterocycles. The zero-order valence-corrected chi connectivity index (χ0v) is 12.3. The monoisotopic (exact) mass is 261 g/mol. The van der Waals surface area contributed by atoms with Crippen LogP contribution < -0.4 is 10.1 Å². The molecule has 1 saturated carbocycles. The number of hydrogen-bond donors (Lipinski definition) is 1. The highest BCUT2D eigenvalue weighted by molar-refractivity contribution is 5.27. The highest BCUT2D eigenvalue weighted by atomic mass is 16.5. The third-order valence-corrected chi connectivity index (χ3v) is 3.83. The van der Waals surface area contributed by atoms with Crippen molar-refractivity contribution in [3.63, 3.8) is 0 Å². The molecule has 0 amide bonds. The lowest BCUT2D eigenvalue weighted by atomic mass is 10.0. The Kier molecular flexibility index (Phi) is 5.71. The van der Waals surface area contributed by atoms with Gasteiger partial charge in [0, 0.05) is 6.54 Å². The Morgan fingerprint density at radius 2 is 1.84 bits per heavy atom. The van der Waals surface area contributed by atoms with Gasteiger partial charge in [0.05, 0.1) is 6.10 Å². The molecule has 106 valence electrons. The second-order valence-corrected chi connectivity index (χ2v) is 5.93. The smallest absolute Gasteiger partial charge is 0.119 e. The second kappa shape index (κ2) is 7.54. The molecule has 0 bridgehead atoms. The lowest BCUT2D eigenvalue weighted by Crippen LogP contribution is -2.17. The van der Waals surface area contributed by atoms with Crippen LogP contribution in [0.2, 0.25) is 0 Å². The van der Waals surface area contributed by atoms with E-state index in [0.717, 1.165) is 24.8 Å². The van der Waals surface area contributed by atoms with Crippen LogP contribution in [0.4, 0.5) is 0 Å². The molecule has 2 rings (SSSR count). The summed E-state index contributed by atoms with van der Waals surface area (Å²) in [6, 6.07) is 8.43. The Balaban J connectivity index is 1.65. The van der Waals surface area contributed by atoms with E-state index in [1.807, 2.05) is 0 Å². The first-order valence-electron chi connectivity index (χ1n) is 7.70. The van der Waals surface area contributed by atoms with E-state index in [-0.39, 0.29) is 6.10 Å². The highest BCUT2D eigenvalue weighted by Crippen LogP contribution is 2.26. The minimum atomic E-state index is 0.246. The number of rotatable bonds is 7. The second-order valence-electron chi connectivity index (χ2n) is 5.93. The molecule has 1 fully saturated rings. The largest absolute Gasteiger partial charge is 0.491 e. The molecule has 2 heteroatoms. The van der Waals surface area contributed by atoms with Gasteiger partial charge in [-0.05, 0) is 50.4 Å². The summed E-state index contributed by atoms with van der Waals surface area (Å²) in [5.74, 6) is 1.94. The van der Waals surface area contributed by atoms with Gasteiger partial charge in [-0.3, -0.25) is 0 Å². The van der Waals surface area contributed by atoms with Crippen molar-refractivity contribution in [2.45, 2.75) is 58.6 Å². The van der Waals surface area contributed by atoms with Crippen molar-refractivity contribution in [2.75, 3.05) is 6.54 Å². The maximum Gasteiger partial charge on any atom is 0.119 e. The molecule has 0 spiro atoms. The molecule has 1 aliphatic rings. The van der Waals surface area contributed by atoms with Gasteiger partial charge in [0.25, 0.3) is 0 Å². The van der Waals surface area contributed by atoms with Crippen molar-refractivity contribution >= 4 is 0 Å². The lowest BCUT2D eigenvalue weighted by molar-refractivity contribution is 0.242. The fraction of sp³-hybridized carbons (Fsp3) is 0.647.